The van der Waals surface area contributed by atoms with Crippen LogP contribution in [0.5, 0.6) is 0 Å². The largest absolute Gasteiger partial charge is 0.478 e. The first-order valence-corrected chi connectivity index (χ1v) is 6.87. The minimum absolute atomic E-state index is 0.0226. The topological polar surface area (TPSA) is 69.6 Å². The second-order valence-electron chi connectivity index (χ2n) is 5.12. The second-order valence-corrected chi connectivity index (χ2v) is 5.12. The standard InChI is InChI=1S/C15H20N2O3/c1-17(12-6-8-16-9-7-12)14(18)10-11-4-2-3-5-13(11)15(19)20/h2-5,12,16H,6-10H2,1H3,(H,19,20). The van der Waals surface area contributed by atoms with Crippen LogP contribution in [0.4, 0.5) is 0 Å². The predicted octanol–water partition coefficient (Wildman–Crippen LogP) is 1.14. The number of hydrogen-bond acceptors (Lipinski definition) is 3. The molecule has 1 aromatic rings. The SMILES string of the molecule is CN(C(=O)Cc1ccccc1C(=O)O)C1CCNCC1. The lowest BCUT2D eigenvalue weighted by atomic mass is 10.0. The number of aromatic carboxylic acids is 1. The molecule has 1 saturated heterocycles. The maximum absolute atomic E-state index is 12.3. The molecule has 5 heteroatoms. The molecule has 0 aromatic heterocycles. The molecule has 108 valence electrons. The summed E-state index contributed by atoms with van der Waals surface area (Å²) in [5.74, 6) is -1.01. The molecule has 2 N–H and O–H groups in total. The molecule has 1 aliphatic rings. The number of nitrogens with one attached hydrogen (secondary N) is 1. The smallest absolute Gasteiger partial charge is 0.335 e. The first kappa shape index (κ1) is 14.5. The van der Waals surface area contributed by atoms with Gasteiger partial charge in [0.15, 0.2) is 0 Å². The summed E-state index contributed by atoms with van der Waals surface area (Å²) in [6, 6.07) is 6.93. The molecule has 1 aromatic carbocycles. The Morgan fingerprint density at radius 1 is 1.30 bits per heavy atom. The number of nitrogens with zero attached hydrogens (tertiary/aromatic N) is 1. The Labute approximate surface area is 118 Å². The third kappa shape index (κ3) is 3.36. The van der Waals surface area contributed by atoms with E-state index in [2.05, 4.69) is 5.32 Å². The molecule has 0 aliphatic carbocycles. The number of amides is 1. The molecule has 0 spiro atoms. The lowest BCUT2D eigenvalue weighted by molar-refractivity contribution is -0.131. The molecule has 0 atom stereocenters. The summed E-state index contributed by atoms with van der Waals surface area (Å²) in [6.07, 6.45) is 2.04. The van der Waals surface area contributed by atoms with Gasteiger partial charge in [0.25, 0.3) is 0 Å². The van der Waals surface area contributed by atoms with Gasteiger partial charge in [-0.15, -0.1) is 0 Å². The predicted molar refractivity (Wildman–Crippen MR) is 75.8 cm³/mol. The number of carboxylic acids is 1. The van der Waals surface area contributed by atoms with E-state index in [1.807, 2.05) is 7.05 Å². The van der Waals surface area contributed by atoms with Crippen LogP contribution in [-0.2, 0) is 11.2 Å². The van der Waals surface area contributed by atoms with Crippen molar-refractivity contribution in [3.63, 3.8) is 0 Å². The maximum Gasteiger partial charge on any atom is 0.335 e. The van der Waals surface area contributed by atoms with Gasteiger partial charge in [0.1, 0.15) is 0 Å². The number of rotatable bonds is 4. The maximum atomic E-state index is 12.3. The fraction of sp³-hybridized carbons (Fsp3) is 0.467. The molecular weight excluding hydrogens is 256 g/mol. The minimum atomic E-state index is -0.988. The van der Waals surface area contributed by atoms with Crippen molar-refractivity contribution in [1.29, 1.82) is 0 Å². The van der Waals surface area contributed by atoms with Gasteiger partial charge in [-0.3, -0.25) is 4.79 Å². The molecule has 0 unspecified atom stereocenters. The summed E-state index contributed by atoms with van der Waals surface area (Å²) in [4.78, 5) is 25.2. The molecule has 1 amide bonds. The van der Waals surface area contributed by atoms with Crippen LogP contribution in [0.15, 0.2) is 24.3 Å². The lowest BCUT2D eigenvalue weighted by Crippen LogP contribution is -2.44. The summed E-state index contributed by atoms with van der Waals surface area (Å²) in [7, 11) is 1.81. The van der Waals surface area contributed by atoms with Crippen LogP contribution in [0, 0.1) is 0 Å². The molecule has 2 rings (SSSR count). The van der Waals surface area contributed by atoms with Gasteiger partial charge in [0, 0.05) is 13.1 Å². The van der Waals surface area contributed by atoms with E-state index in [9.17, 15) is 9.59 Å². The van der Waals surface area contributed by atoms with Gasteiger partial charge in [-0.2, -0.15) is 0 Å². The number of carboxylic acid groups (broad SMARTS) is 1. The van der Waals surface area contributed by atoms with Gasteiger partial charge in [-0.1, -0.05) is 18.2 Å². The highest BCUT2D eigenvalue weighted by molar-refractivity contribution is 5.91. The van der Waals surface area contributed by atoms with Crippen LogP contribution >= 0.6 is 0 Å². The van der Waals surface area contributed by atoms with Crippen molar-refractivity contribution in [3.8, 4) is 0 Å². The van der Waals surface area contributed by atoms with Gasteiger partial charge >= 0.3 is 5.97 Å². The first-order chi connectivity index (χ1) is 9.59. The average Bonchev–Trinajstić information content (AvgIpc) is 2.47. The normalized spacial score (nSPS) is 15.8. The van der Waals surface area contributed by atoms with Gasteiger partial charge in [0.2, 0.25) is 5.91 Å². The number of carbonyl (C=O) groups excluding carboxylic acids is 1. The summed E-state index contributed by atoms with van der Waals surface area (Å²) in [5, 5.41) is 12.4. The quantitative estimate of drug-likeness (QED) is 0.865. The molecular formula is C15H20N2O3. The van der Waals surface area contributed by atoms with Crippen LogP contribution in [-0.4, -0.2) is 48.1 Å². The Morgan fingerprint density at radius 3 is 2.60 bits per heavy atom. The number of benzene rings is 1. The van der Waals surface area contributed by atoms with Crippen LogP contribution in [0.1, 0.15) is 28.8 Å². The van der Waals surface area contributed by atoms with Gasteiger partial charge < -0.3 is 15.3 Å². The monoisotopic (exact) mass is 276 g/mol. The van der Waals surface area contributed by atoms with Gasteiger partial charge in [-0.25, -0.2) is 4.79 Å². The summed E-state index contributed by atoms with van der Waals surface area (Å²) < 4.78 is 0. The van der Waals surface area contributed by atoms with Gasteiger partial charge in [-0.05, 0) is 37.6 Å². The van der Waals surface area contributed by atoms with E-state index < -0.39 is 5.97 Å². The highest BCUT2D eigenvalue weighted by Gasteiger charge is 2.23. The fourth-order valence-electron chi connectivity index (χ4n) is 2.57. The molecule has 1 heterocycles. The fourth-order valence-corrected chi connectivity index (χ4v) is 2.57. The van der Waals surface area contributed by atoms with Crippen molar-refractivity contribution in [2.45, 2.75) is 25.3 Å². The Morgan fingerprint density at radius 2 is 1.95 bits per heavy atom. The number of likely N-dealkylation sites (N-methyl/N-ethyl adjacent to an activating group) is 1. The molecule has 20 heavy (non-hydrogen) atoms. The second kappa shape index (κ2) is 6.52. The Balaban J connectivity index is 2.05. The van der Waals surface area contributed by atoms with E-state index in [0.29, 0.717) is 5.56 Å². The number of hydrogen-bond donors (Lipinski definition) is 2. The van der Waals surface area contributed by atoms with Crippen molar-refractivity contribution in [2.75, 3.05) is 20.1 Å². The lowest BCUT2D eigenvalue weighted by Gasteiger charge is -2.31. The highest BCUT2D eigenvalue weighted by atomic mass is 16.4. The van der Waals surface area contributed by atoms with E-state index in [1.54, 1.807) is 23.1 Å². The summed E-state index contributed by atoms with van der Waals surface area (Å²) in [6.45, 7) is 1.85. The third-order valence-electron chi connectivity index (χ3n) is 3.84. The van der Waals surface area contributed by atoms with Crippen LogP contribution in [0.2, 0.25) is 0 Å². The molecule has 1 aliphatic heterocycles. The van der Waals surface area contributed by atoms with E-state index in [4.69, 9.17) is 5.11 Å². The zero-order valence-electron chi connectivity index (χ0n) is 11.6. The number of piperidine rings is 1. The zero-order chi connectivity index (χ0) is 14.5. The molecule has 1 fully saturated rings. The van der Waals surface area contributed by atoms with Crippen molar-refractivity contribution >= 4 is 11.9 Å². The van der Waals surface area contributed by atoms with Crippen LogP contribution in [0.25, 0.3) is 0 Å². The Kier molecular flexibility index (Phi) is 4.74. The molecule has 0 saturated carbocycles. The van der Waals surface area contributed by atoms with Crippen molar-refractivity contribution in [3.05, 3.63) is 35.4 Å². The van der Waals surface area contributed by atoms with Crippen molar-refractivity contribution < 1.29 is 14.7 Å². The van der Waals surface area contributed by atoms with Crippen LogP contribution in [0.3, 0.4) is 0 Å². The van der Waals surface area contributed by atoms with E-state index in [-0.39, 0.29) is 23.9 Å². The van der Waals surface area contributed by atoms with Crippen molar-refractivity contribution in [1.82, 2.24) is 10.2 Å². The van der Waals surface area contributed by atoms with E-state index in [0.717, 1.165) is 25.9 Å². The summed E-state index contributed by atoms with van der Waals surface area (Å²) >= 11 is 0. The average molecular weight is 276 g/mol. The van der Waals surface area contributed by atoms with E-state index in [1.165, 1.54) is 6.07 Å². The summed E-state index contributed by atoms with van der Waals surface area (Å²) in [5.41, 5.74) is 0.783. The molecule has 5 nitrogen and oxygen atoms in total. The first-order valence-electron chi connectivity index (χ1n) is 6.87. The third-order valence-corrected chi connectivity index (χ3v) is 3.84. The highest BCUT2D eigenvalue weighted by Crippen LogP contribution is 2.14. The zero-order valence-corrected chi connectivity index (χ0v) is 11.6. The van der Waals surface area contributed by atoms with Crippen molar-refractivity contribution in [2.24, 2.45) is 0 Å². The van der Waals surface area contributed by atoms with E-state index >= 15 is 0 Å². The van der Waals surface area contributed by atoms with Crippen LogP contribution < -0.4 is 5.32 Å². The van der Waals surface area contributed by atoms with Gasteiger partial charge in [0.05, 0.1) is 12.0 Å². The molecule has 0 radical (unpaired) electrons. The minimum Gasteiger partial charge on any atom is -0.478 e. The Bertz CT molecular complexity index is 496. The Hall–Kier alpha value is -1.88. The molecule has 0 bridgehead atoms. The number of carbonyl (C=O) groups is 2.